The summed E-state index contributed by atoms with van der Waals surface area (Å²) in [4.78, 5) is 10.1. The van der Waals surface area contributed by atoms with Gasteiger partial charge in [-0.25, -0.2) is 4.98 Å². The van der Waals surface area contributed by atoms with Gasteiger partial charge in [0.05, 0.1) is 51.1 Å². The zero-order chi connectivity index (χ0) is 38.3. The molecule has 0 radical (unpaired) electrons. The molecule has 3 aromatic heterocycles. The molecule has 0 saturated heterocycles. The number of aliphatic imine (C=N–C) groups is 1. The molecule has 0 aliphatic carbocycles. The minimum Gasteiger partial charge on any atom is -0.309 e. The Morgan fingerprint density at radius 1 is 0.491 bits per heavy atom. The van der Waals surface area contributed by atoms with Gasteiger partial charge in [0.1, 0.15) is 0 Å². The lowest BCUT2D eigenvalue weighted by atomic mass is 10.0. The lowest BCUT2D eigenvalue weighted by molar-refractivity contribution is 1.18. The number of nitrogens with zero attached hydrogens (tertiary/aromatic N) is 4. The Bertz CT molecular complexity index is 3130. The van der Waals surface area contributed by atoms with E-state index in [9.17, 15) is 0 Å². The van der Waals surface area contributed by atoms with E-state index in [0.29, 0.717) is 0 Å². The fourth-order valence-electron chi connectivity index (χ4n) is 8.14. The van der Waals surface area contributed by atoms with Gasteiger partial charge in [0, 0.05) is 32.8 Å². The molecule has 10 aromatic rings. The van der Waals surface area contributed by atoms with Gasteiger partial charge in [0.25, 0.3) is 0 Å². The van der Waals surface area contributed by atoms with E-state index < -0.39 is 0 Å². The van der Waals surface area contributed by atoms with Crippen molar-refractivity contribution in [1.82, 2.24) is 14.1 Å². The molecule has 0 amide bonds. The molecule has 0 atom stereocenters. The maximum atomic E-state index is 5.09. The molecule has 0 aliphatic heterocycles. The molecule has 10 rings (SSSR count). The van der Waals surface area contributed by atoms with Crippen LogP contribution in [0.3, 0.4) is 0 Å². The fraction of sp³-hybridized carbons (Fsp3) is 0.0189. The Morgan fingerprint density at radius 2 is 1.07 bits per heavy atom. The van der Waals surface area contributed by atoms with Crippen molar-refractivity contribution >= 4 is 55.0 Å². The first kappa shape index (κ1) is 34.0. The molecule has 270 valence electrons. The van der Waals surface area contributed by atoms with Crippen molar-refractivity contribution in [2.45, 2.75) is 6.92 Å². The van der Waals surface area contributed by atoms with Crippen molar-refractivity contribution in [3.8, 4) is 39.2 Å². The number of rotatable bonds is 8. The van der Waals surface area contributed by atoms with Crippen molar-refractivity contribution in [1.29, 1.82) is 0 Å². The molecule has 4 nitrogen and oxygen atoms in total. The van der Waals surface area contributed by atoms with E-state index in [1.807, 2.05) is 43.5 Å². The SMILES string of the molecule is C=C/C(=C\N=C(C)c1cc(-c2ccccc2)cc(-c2ccccc2)n1)n1c2ccccc2c2cc(-c3ccc4c5ccccc5n(-c5ccccc5)c4c3)ccc21. The van der Waals surface area contributed by atoms with Crippen LogP contribution in [0.2, 0.25) is 0 Å². The summed E-state index contributed by atoms with van der Waals surface area (Å²) in [6, 6.07) is 66.5. The van der Waals surface area contributed by atoms with E-state index in [1.54, 1.807) is 0 Å². The molecule has 3 heterocycles. The van der Waals surface area contributed by atoms with Crippen LogP contribution in [0.25, 0.3) is 88.5 Å². The molecular weight excluding hydrogens is 693 g/mol. The summed E-state index contributed by atoms with van der Waals surface area (Å²) in [5.74, 6) is 0. The van der Waals surface area contributed by atoms with Gasteiger partial charge in [-0.15, -0.1) is 0 Å². The molecule has 0 bridgehead atoms. The summed E-state index contributed by atoms with van der Waals surface area (Å²) in [5.41, 5.74) is 14.8. The number of fused-ring (bicyclic) bond motifs is 6. The van der Waals surface area contributed by atoms with Crippen LogP contribution in [0, 0.1) is 0 Å². The minimum atomic E-state index is 0.815. The molecule has 0 fully saturated rings. The van der Waals surface area contributed by atoms with Gasteiger partial charge in [-0.1, -0.05) is 140 Å². The summed E-state index contributed by atoms with van der Waals surface area (Å²) in [6.45, 7) is 6.28. The van der Waals surface area contributed by atoms with Crippen LogP contribution in [0.1, 0.15) is 12.6 Å². The van der Waals surface area contributed by atoms with E-state index in [4.69, 9.17) is 9.98 Å². The van der Waals surface area contributed by atoms with Crippen molar-refractivity contribution in [3.05, 3.63) is 213 Å². The number of allylic oxidation sites excluding steroid dienone is 2. The predicted octanol–water partition coefficient (Wildman–Crippen LogP) is 13.8. The fourth-order valence-corrected chi connectivity index (χ4v) is 8.14. The Morgan fingerprint density at radius 3 is 1.81 bits per heavy atom. The quantitative estimate of drug-likeness (QED) is 0.113. The standard InChI is InChI=1S/C53H38N4/c1-3-42(35-54-36(2)48-32-41(37-17-7-4-8-18-37)33-49(55-48)38-19-9-5-10-20-38)56-51-26-16-14-24-45(51)47-31-39(28-30-52(47)56)40-27-29-46-44-23-13-15-25-50(44)57(53(46)34-40)43-21-11-6-12-22-43/h3-35H,1H2,2H3/b42-35+,54-36?. The van der Waals surface area contributed by atoms with Gasteiger partial charge in [0.15, 0.2) is 0 Å². The molecule has 0 unspecified atom stereocenters. The summed E-state index contributed by atoms with van der Waals surface area (Å²) in [6.07, 6.45) is 3.80. The molecule has 4 heteroatoms. The van der Waals surface area contributed by atoms with Crippen LogP contribution in [-0.2, 0) is 0 Å². The Balaban J connectivity index is 1.08. The zero-order valence-corrected chi connectivity index (χ0v) is 31.5. The smallest absolute Gasteiger partial charge is 0.0855 e. The molecule has 0 aliphatic rings. The lowest BCUT2D eigenvalue weighted by Gasteiger charge is -2.11. The lowest BCUT2D eigenvalue weighted by Crippen LogP contribution is -2.01. The molecule has 0 spiro atoms. The average molecular weight is 731 g/mol. The van der Waals surface area contributed by atoms with Gasteiger partial charge in [-0.05, 0) is 89.9 Å². The van der Waals surface area contributed by atoms with Crippen LogP contribution in [0.5, 0.6) is 0 Å². The highest BCUT2D eigenvalue weighted by molar-refractivity contribution is 6.13. The second-order valence-electron chi connectivity index (χ2n) is 14.3. The van der Waals surface area contributed by atoms with E-state index in [1.165, 1.54) is 38.1 Å². The van der Waals surface area contributed by atoms with Crippen LogP contribution < -0.4 is 0 Å². The number of para-hydroxylation sites is 3. The van der Waals surface area contributed by atoms with Gasteiger partial charge in [-0.2, -0.15) is 0 Å². The van der Waals surface area contributed by atoms with E-state index in [-0.39, 0.29) is 0 Å². The van der Waals surface area contributed by atoms with Crippen molar-refractivity contribution < 1.29 is 0 Å². The minimum absolute atomic E-state index is 0.815. The van der Waals surface area contributed by atoms with Gasteiger partial charge in [0.2, 0.25) is 0 Å². The second kappa shape index (κ2) is 14.3. The third kappa shape index (κ3) is 6.05. The third-order valence-corrected chi connectivity index (χ3v) is 10.9. The van der Waals surface area contributed by atoms with E-state index in [2.05, 4.69) is 180 Å². The van der Waals surface area contributed by atoms with Gasteiger partial charge < -0.3 is 9.13 Å². The van der Waals surface area contributed by atoms with Gasteiger partial charge in [-0.3, -0.25) is 4.99 Å². The maximum absolute atomic E-state index is 5.09. The largest absolute Gasteiger partial charge is 0.309 e. The van der Waals surface area contributed by atoms with E-state index in [0.717, 1.165) is 61.8 Å². The first-order valence-corrected chi connectivity index (χ1v) is 19.3. The number of aromatic nitrogens is 3. The molecule has 0 N–H and O–H groups in total. The van der Waals surface area contributed by atoms with Crippen LogP contribution in [-0.4, -0.2) is 19.8 Å². The first-order chi connectivity index (χ1) is 28.1. The van der Waals surface area contributed by atoms with Crippen molar-refractivity contribution in [2.75, 3.05) is 0 Å². The maximum Gasteiger partial charge on any atom is 0.0855 e. The second-order valence-corrected chi connectivity index (χ2v) is 14.3. The van der Waals surface area contributed by atoms with Crippen LogP contribution in [0.4, 0.5) is 0 Å². The zero-order valence-electron chi connectivity index (χ0n) is 31.5. The van der Waals surface area contributed by atoms with Gasteiger partial charge >= 0.3 is 0 Å². The predicted molar refractivity (Wildman–Crippen MR) is 241 cm³/mol. The normalized spacial score (nSPS) is 12.2. The Hall–Kier alpha value is -7.56. The third-order valence-electron chi connectivity index (χ3n) is 10.9. The topological polar surface area (TPSA) is 35.1 Å². The monoisotopic (exact) mass is 730 g/mol. The number of hydrogen-bond donors (Lipinski definition) is 0. The van der Waals surface area contributed by atoms with E-state index >= 15 is 0 Å². The highest BCUT2D eigenvalue weighted by Gasteiger charge is 2.17. The summed E-state index contributed by atoms with van der Waals surface area (Å²) in [7, 11) is 0. The van der Waals surface area contributed by atoms with Crippen molar-refractivity contribution in [2.24, 2.45) is 4.99 Å². The number of benzene rings is 7. The highest BCUT2D eigenvalue weighted by Crippen LogP contribution is 2.38. The average Bonchev–Trinajstić information content (AvgIpc) is 3.79. The number of hydrogen-bond acceptors (Lipinski definition) is 2. The Labute approximate surface area is 331 Å². The molecular formula is C53H38N4. The molecule has 7 aromatic carbocycles. The highest BCUT2D eigenvalue weighted by atomic mass is 15.0. The number of pyridine rings is 1. The Kier molecular flexibility index (Phi) is 8.50. The van der Waals surface area contributed by atoms with Crippen molar-refractivity contribution in [3.63, 3.8) is 0 Å². The van der Waals surface area contributed by atoms with Crippen LogP contribution in [0.15, 0.2) is 212 Å². The van der Waals surface area contributed by atoms with Crippen LogP contribution >= 0.6 is 0 Å². The summed E-state index contributed by atoms with van der Waals surface area (Å²) in [5, 5.41) is 4.84. The first-order valence-electron chi connectivity index (χ1n) is 19.3. The summed E-state index contributed by atoms with van der Waals surface area (Å²) < 4.78 is 4.63. The molecule has 0 saturated carbocycles. The molecule has 57 heavy (non-hydrogen) atoms. The summed E-state index contributed by atoms with van der Waals surface area (Å²) >= 11 is 0.